The second-order valence-corrected chi connectivity index (χ2v) is 5.24. The molecule has 1 saturated carbocycles. The molecule has 1 aromatic rings. The number of rotatable bonds is 4. The van der Waals surface area contributed by atoms with Crippen LogP contribution in [0.25, 0.3) is 0 Å². The van der Waals surface area contributed by atoms with Crippen molar-refractivity contribution in [2.24, 2.45) is 5.92 Å². The third-order valence-electron chi connectivity index (χ3n) is 3.13. The Morgan fingerprint density at radius 2 is 2.06 bits per heavy atom. The smallest absolute Gasteiger partial charge is 0.133 e. The van der Waals surface area contributed by atoms with Crippen molar-refractivity contribution in [1.82, 2.24) is 0 Å². The third kappa shape index (κ3) is 2.98. The normalized spacial score (nSPS) is 16.6. The molecule has 1 aliphatic carbocycles. The highest BCUT2D eigenvalue weighted by Gasteiger charge is 2.16. The zero-order chi connectivity index (χ0) is 11.4. The Kier molecular flexibility index (Phi) is 4.24. The highest BCUT2D eigenvalue weighted by Crippen LogP contribution is 2.29. The highest BCUT2D eigenvalue weighted by molar-refractivity contribution is 9.10. The molecule has 0 aromatic heterocycles. The molecule has 1 aliphatic rings. The predicted molar refractivity (Wildman–Crippen MR) is 67.5 cm³/mol. The first kappa shape index (κ1) is 11.9. The summed E-state index contributed by atoms with van der Waals surface area (Å²) in [6, 6.07) is 5.73. The fraction of sp³-hybridized carbons (Fsp3) is 0.538. The van der Waals surface area contributed by atoms with E-state index in [0.717, 1.165) is 28.3 Å². The molecule has 0 saturated heterocycles. The standard InChI is InChI=1S/C13H17BrO2/c14-12-7-11(8-15)5-6-13(12)16-9-10-3-1-2-4-10/h5-7,10,15H,1-4,8-9H2. The number of ether oxygens (including phenoxy) is 1. The molecular weight excluding hydrogens is 268 g/mol. The first-order valence-corrected chi connectivity index (χ1v) is 6.61. The molecule has 0 atom stereocenters. The minimum atomic E-state index is 0.0709. The average Bonchev–Trinajstić information content (AvgIpc) is 2.80. The Hall–Kier alpha value is -0.540. The van der Waals surface area contributed by atoms with E-state index in [1.165, 1.54) is 25.7 Å². The molecule has 0 radical (unpaired) electrons. The summed E-state index contributed by atoms with van der Waals surface area (Å²) < 4.78 is 6.72. The third-order valence-corrected chi connectivity index (χ3v) is 3.75. The van der Waals surface area contributed by atoms with Gasteiger partial charge in [-0.3, -0.25) is 0 Å². The van der Waals surface area contributed by atoms with Crippen molar-refractivity contribution in [1.29, 1.82) is 0 Å². The van der Waals surface area contributed by atoms with Gasteiger partial charge in [0.1, 0.15) is 5.75 Å². The molecule has 2 nitrogen and oxygen atoms in total. The van der Waals surface area contributed by atoms with Crippen molar-refractivity contribution < 1.29 is 9.84 Å². The largest absolute Gasteiger partial charge is 0.492 e. The van der Waals surface area contributed by atoms with Crippen LogP contribution < -0.4 is 4.74 Å². The zero-order valence-electron chi connectivity index (χ0n) is 9.29. The Bertz CT molecular complexity index is 346. The van der Waals surface area contributed by atoms with E-state index in [4.69, 9.17) is 9.84 Å². The maximum Gasteiger partial charge on any atom is 0.133 e. The molecule has 3 heteroatoms. The van der Waals surface area contributed by atoms with E-state index >= 15 is 0 Å². The van der Waals surface area contributed by atoms with Gasteiger partial charge < -0.3 is 9.84 Å². The van der Waals surface area contributed by atoms with E-state index in [1.54, 1.807) is 0 Å². The Labute approximate surface area is 105 Å². The SMILES string of the molecule is OCc1ccc(OCC2CCCC2)c(Br)c1. The molecule has 1 aromatic carbocycles. The molecule has 1 fully saturated rings. The number of hydrogen-bond donors (Lipinski definition) is 1. The average molecular weight is 285 g/mol. The first-order chi connectivity index (χ1) is 7.79. The molecule has 16 heavy (non-hydrogen) atoms. The molecule has 0 spiro atoms. The van der Waals surface area contributed by atoms with Crippen molar-refractivity contribution in [3.05, 3.63) is 28.2 Å². The van der Waals surface area contributed by atoms with Gasteiger partial charge in [-0.25, -0.2) is 0 Å². The van der Waals surface area contributed by atoms with Gasteiger partial charge in [0, 0.05) is 0 Å². The van der Waals surface area contributed by atoms with Crippen LogP contribution in [0.2, 0.25) is 0 Å². The van der Waals surface area contributed by atoms with Gasteiger partial charge in [0.05, 0.1) is 17.7 Å². The summed E-state index contributed by atoms with van der Waals surface area (Å²) in [4.78, 5) is 0. The Balaban J connectivity index is 1.93. The highest BCUT2D eigenvalue weighted by atomic mass is 79.9. The minimum absolute atomic E-state index is 0.0709. The lowest BCUT2D eigenvalue weighted by Crippen LogP contribution is -2.08. The van der Waals surface area contributed by atoms with Crippen LogP contribution in [0, 0.1) is 5.92 Å². The quantitative estimate of drug-likeness (QED) is 0.917. The topological polar surface area (TPSA) is 29.5 Å². The van der Waals surface area contributed by atoms with Crippen molar-refractivity contribution in [3.63, 3.8) is 0 Å². The summed E-state index contributed by atoms with van der Waals surface area (Å²) in [6.45, 7) is 0.887. The van der Waals surface area contributed by atoms with Gasteiger partial charge in [0.2, 0.25) is 0 Å². The molecular formula is C13H17BrO2. The van der Waals surface area contributed by atoms with Gasteiger partial charge in [-0.2, -0.15) is 0 Å². The lowest BCUT2D eigenvalue weighted by atomic mass is 10.1. The summed E-state index contributed by atoms with van der Waals surface area (Å²) in [5, 5.41) is 8.99. The molecule has 1 N–H and O–H groups in total. The molecule has 2 rings (SSSR count). The van der Waals surface area contributed by atoms with Gasteiger partial charge in [-0.1, -0.05) is 18.9 Å². The number of hydrogen-bond acceptors (Lipinski definition) is 2. The monoisotopic (exact) mass is 284 g/mol. The summed E-state index contributed by atoms with van der Waals surface area (Å²) >= 11 is 3.46. The Morgan fingerprint density at radius 1 is 1.31 bits per heavy atom. The van der Waals surface area contributed by atoms with Crippen LogP contribution in [0.15, 0.2) is 22.7 Å². The van der Waals surface area contributed by atoms with Gasteiger partial charge in [-0.15, -0.1) is 0 Å². The molecule has 0 unspecified atom stereocenters. The summed E-state index contributed by atoms with van der Waals surface area (Å²) in [5.41, 5.74) is 0.903. The van der Waals surface area contributed by atoms with Crippen molar-refractivity contribution >= 4 is 15.9 Å². The lowest BCUT2D eigenvalue weighted by Gasteiger charge is -2.13. The summed E-state index contributed by atoms with van der Waals surface area (Å²) in [5.74, 6) is 1.61. The number of halogens is 1. The van der Waals surface area contributed by atoms with Gasteiger partial charge in [-0.05, 0) is 52.4 Å². The lowest BCUT2D eigenvalue weighted by molar-refractivity contribution is 0.250. The second kappa shape index (κ2) is 5.69. The van der Waals surface area contributed by atoms with Crippen LogP contribution in [0.1, 0.15) is 31.2 Å². The zero-order valence-corrected chi connectivity index (χ0v) is 10.9. The van der Waals surface area contributed by atoms with Gasteiger partial charge in [0.25, 0.3) is 0 Å². The van der Waals surface area contributed by atoms with E-state index < -0.39 is 0 Å². The number of aliphatic hydroxyl groups excluding tert-OH is 1. The van der Waals surface area contributed by atoms with E-state index in [0.29, 0.717) is 0 Å². The maximum atomic E-state index is 8.99. The van der Waals surface area contributed by atoms with Gasteiger partial charge in [0.15, 0.2) is 0 Å². The molecule has 0 bridgehead atoms. The predicted octanol–water partition coefficient (Wildman–Crippen LogP) is 3.51. The van der Waals surface area contributed by atoms with E-state index in [9.17, 15) is 0 Å². The van der Waals surface area contributed by atoms with Gasteiger partial charge >= 0.3 is 0 Å². The fourth-order valence-corrected chi connectivity index (χ4v) is 2.69. The van der Waals surface area contributed by atoms with Crippen molar-refractivity contribution in [2.75, 3.05) is 6.61 Å². The fourth-order valence-electron chi connectivity index (χ4n) is 2.14. The van der Waals surface area contributed by atoms with Crippen molar-refractivity contribution in [3.8, 4) is 5.75 Å². The van der Waals surface area contributed by atoms with E-state index in [2.05, 4.69) is 15.9 Å². The molecule has 88 valence electrons. The van der Waals surface area contributed by atoms with E-state index in [1.807, 2.05) is 18.2 Å². The van der Waals surface area contributed by atoms with Crippen LogP contribution >= 0.6 is 15.9 Å². The minimum Gasteiger partial charge on any atom is -0.492 e. The van der Waals surface area contributed by atoms with Crippen LogP contribution in [-0.2, 0) is 6.61 Å². The molecule has 0 heterocycles. The second-order valence-electron chi connectivity index (χ2n) is 4.38. The molecule has 0 aliphatic heterocycles. The first-order valence-electron chi connectivity index (χ1n) is 5.81. The van der Waals surface area contributed by atoms with Crippen LogP contribution in [0.4, 0.5) is 0 Å². The number of aliphatic hydroxyl groups is 1. The summed E-state index contributed by atoms with van der Waals surface area (Å²) in [7, 11) is 0. The van der Waals surface area contributed by atoms with Crippen LogP contribution in [0.5, 0.6) is 5.75 Å². The van der Waals surface area contributed by atoms with Crippen molar-refractivity contribution in [2.45, 2.75) is 32.3 Å². The van der Waals surface area contributed by atoms with Crippen LogP contribution in [-0.4, -0.2) is 11.7 Å². The van der Waals surface area contributed by atoms with E-state index in [-0.39, 0.29) is 6.61 Å². The van der Waals surface area contributed by atoms with Crippen LogP contribution in [0.3, 0.4) is 0 Å². The number of benzene rings is 1. The molecule has 0 amide bonds. The maximum absolute atomic E-state index is 8.99. The summed E-state index contributed by atoms with van der Waals surface area (Å²) in [6.07, 6.45) is 5.29. The Morgan fingerprint density at radius 3 is 2.69 bits per heavy atom.